The molecule has 0 aliphatic rings. The van der Waals surface area contributed by atoms with E-state index in [-0.39, 0.29) is 5.82 Å². The molecule has 0 atom stereocenters. The Kier molecular flexibility index (Phi) is 1.96. The van der Waals surface area contributed by atoms with Gasteiger partial charge in [0.1, 0.15) is 11.5 Å². The third kappa shape index (κ3) is 1.38. The van der Waals surface area contributed by atoms with E-state index in [1.54, 1.807) is 6.07 Å². The molecular weight excluding hydrogens is 239 g/mol. The summed E-state index contributed by atoms with van der Waals surface area (Å²) in [4.78, 5) is 4.56. The van der Waals surface area contributed by atoms with Gasteiger partial charge in [0, 0.05) is 17.0 Å². The summed E-state index contributed by atoms with van der Waals surface area (Å²) in [5.41, 5.74) is 2.67. The molecule has 2 aromatic heterocycles. The highest BCUT2D eigenvalue weighted by Gasteiger charge is 2.10. The lowest BCUT2D eigenvalue weighted by Crippen LogP contribution is -1.91. The molecule has 0 saturated carbocycles. The highest BCUT2D eigenvalue weighted by atomic mass is 19.1. The Balaban J connectivity index is 2.42. The third-order valence-electron chi connectivity index (χ3n) is 3.50. The highest BCUT2D eigenvalue weighted by Crippen LogP contribution is 2.29. The van der Waals surface area contributed by atoms with Crippen molar-refractivity contribution >= 4 is 27.3 Å². The van der Waals surface area contributed by atoms with Crippen LogP contribution in [0.25, 0.3) is 27.3 Å². The molecule has 0 fully saturated rings. The molecule has 3 heteroatoms. The van der Waals surface area contributed by atoms with Gasteiger partial charge in [-0.25, -0.2) is 9.37 Å². The summed E-state index contributed by atoms with van der Waals surface area (Å²) < 4.78 is 15.5. The summed E-state index contributed by atoms with van der Waals surface area (Å²) in [6, 6.07) is 13.0. The molecule has 2 heterocycles. The van der Waals surface area contributed by atoms with Gasteiger partial charge in [-0.2, -0.15) is 0 Å². The van der Waals surface area contributed by atoms with Gasteiger partial charge >= 0.3 is 0 Å². The van der Waals surface area contributed by atoms with Gasteiger partial charge in [0.25, 0.3) is 0 Å². The summed E-state index contributed by atoms with van der Waals surface area (Å²) >= 11 is 0. The fourth-order valence-electron chi connectivity index (χ4n) is 2.72. The first-order valence-electron chi connectivity index (χ1n) is 6.20. The average Bonchev–Trinajstić information content (AvgIpc) is 2.81. The fraction of sp³-hybridized carbons (Fsp3) is 0.0625. The lowest BCUT2D eigenvalue weighted by Gasteiger charge is -2.07. The largest absolute Gasteiger partial charge is 0.299 e. The fourth-order valence-corrected chi connectivity index (χ4v) is 2.72. The predicted octanol–water partition coefficient (Wildman–Crippen LogP) is 4.09. The number of rotatable bonds is 0. The summed E-state index contributed by atoms with van der Waals surface area (Å²) in [6.45, 7) is 1.95. The van der Waals surface area contributed by atoms with Crippen LogP contribution >= 0.6 is 0 Å². The van der Waals surface area contributed by atoms with Gasteiger partial charge in [-0.3, -0.25) is 4.40 Å². The van der Waals surface area contributed by atoms with Gasteiger partial charge in [-0.15, -0.1) is 0 Å². The molecule has 4 rings (SSSR count). The monoisotopic (exact) mass is 250 g/mol. The van der Waals surface area contributed by atoms with E-state index in [1.165, 1.54) is 6.07 Å². The second kappa shape index (κ2) is 3.54. The molecule has 0 aliphatic heterocycles. The normalized spacial score (nSPS) is 11.7. The Morgan fingerprint density at radius 1 is 1.00 bits per heavy atom. The van der Waals surface area contributed by atoms with Crippen LogP contribution in [0.2, 0.25) is 0 Å². The number of nitrogens with zero attached hydrogens (tertiary/aromatic N) is 2. The molecule has 0 amide bonds. The average molecular weight is 250 g/mol. The molecule has 92 valence electrons. The minimum atomic E-state index is -0.226. The molecule has 0 N–H and O–H groups in total. The smallest absolute Gasteiger partial charge is 0.145 e. The Morgan fingerprint density at radius 2 is 1.79 bits per heavy atom. The zero-order chi connectivity index (χ0) is 13.0. The van der Waals surface area contributed by atoms with E-state index in [9.17, 15) is 4.39 Å². The van der Waals surface area contributed by atoms with Crippen LogP contribution in [0.1, 0.15) is 5.69 Å². The van der Waals surface area contributed by atoms with Crippen LogP contribution < -0.4 is 0 Å². The van der Waals surface area contributed by atoms with Crippen molar-refractivity contribution in [2.24, 2.45) is 0 Å². The second-order valence-electron chi connectivity index (χ2n) is 4.78. The molecule has 2 aromatic carbocycles. The molecule has 0 saturated heterocycles. The van der Waals surface area contributed by atoms with Gasteiger partial charge in [0.05, 0.1) is 11.2 Å². The van der Waals surface area contributed by atoms with E-state index in [0.29, 0.717) is 0 Å². The van der Waals surface area contributed by atoms with E-state index >= 15 is 0 Å². The number of aryl methyl sites for hydroxylation is 1. The molecule has 19 heavy (non-hydrogen) atoms. The van der Waals surface area contributed by atoms with E-state index in [1.807, 2.05) is 35.7 Å². The van der Waals surface area contributed by atoms with Gasteiger partial charge < -0.3 is 0 Å². The standard InChI is InChI=1S/C16H11FN2/c1-10-9-19-15-8-11(17)6-7-13(15)12-4-2-3-5-14(12)16(19)18-10/h2-9H,1H3. The molecule has 0 radical (unpaired) electrons. The summed E-state index contributed by atoms with van der Waals surface area (Å²) in [7, 11) is 0. The number of imidazole rings is 1. The van der Waals surface area contributed by atoms with Gasteiger partial charge in [0.2, 0.25) is 0 Å². The maximum absolute atomic E-state index is 13.5. The van der Waals surface area contributed by atoms with Crippen molar-refractivity contribution in [2.75, 3.05) is 0 Å². The highest BCUT2D eigenvalue weighted by molar-refractivity contribution is 6.11. The molecule has 0 aliphatic carbocycles. The second-order valence-corrected chi connectivity index (χ2v) is 4.78. The van der Waals surface area contributed by atoms with E-state index < -0.39 is 0 Å². The summed E-state index contributed by atoms with van der Waals surface area (Å²) in [6.07, 6.45) is 1.95. The maximum Gasteiger partial charge on any atom is 0.145 e. The quantitative estimate of drug-likeness (QED) is 0.430. The van der Waals surface area contributed by atoms with Crippen molar-refractivity contribution in [1.82, 2.24) is 9.38 Å². The molecule has 4 aromatic rings. The van der Waals surface area contributed by atoms with Crippen molar-refractivity contribution in [2.45, 2.75) is 6.92 Å². The van der Waals surface area contributed by atoms with Crippen molar-refractivity contribution < 1.29 is 4.39 Å². The maximum atomic E-state index is 13.5. The van der Waals surface area contributed by atoms with Crippen molar-refractivity contribution in [3.63, 3.8) is 0 Å². The van der Waals surface area contributed by atoms with Crippen LogP contribution in [0.3, 0.4) is 0 Å². The first kappa shape index (κ1) is 10.5. The van der Waals surface area contributed by atoms with Crippen LogP contribution in [0.15, 0.2) is 48.7 Å². The topological polar surface area (TPSA) is 17.3 Å². The Morgan fingerprint density at radius 3 is 2.63 bits per heavy atom. The number of halogens is 1. The number of benzene rings is 2. The van der Waals surface area contributed by atoms with Gasteiger partial charge in [-0.1, -0.05) is 24.3 Å². The summed E-state index contributed by atoms with van der Waals surface area (Å²) in [5, 5.41) is 3.24. The zero-order valence-electron chi connectivity index (χ0n) is 10.4. The van der Waals surface area contributed by atoms with Crippen molar-refractivity contribution in [1.29, 1.82) is 0 Å². The van der Waals surface area contributed by atoms with Gasteiger partial charge in [0.15, 0.2) is 0 Å². The first-order chi connectivity index (χ1) is 9.24. The van der Waals surface area contributed by atoms with Crippen molar-refractivity contribution in [3.05, 3.63) is 60.2 Å². The van der Waals surface area contributed by atoms with Gasteiger partial charge in [-0.05, 0) is 30.5 Å². The molecule has 0 bridgehead atoms. The number of hydrogen-bond donors (Lipinski definition) is 0. The third-order valence-corrected chi connectivity index (χ3v) is 3.50. The number of aromatic nitrogens is 2. The number of fused-ring (bicyclic) bond motifs is 6. The predicted molar refractivity (Wildman–Crippen MR) is 74.9 cm³/mol. The lowest BCUT2D eigenvalue weighted by atomic mass is 10.1. The number of hydrogen-bond acceptors (Lipinski definition) is 1. The molecular formula is C16H11FN2. The minimum absolute atomic E-state index is 0.226. The zero-order valence-corrected chi connectivity index (χ0v) is 10.4. The van der Waals surface area contributed by atoms with Crippen LogP contribution in [-0.2, 0) is 0 Å². The summed E-state index contributed by atoms with van der Waals surface area (Å²) in [5.74, 6) is -0.226. The van der Waals surface area contributed by atoms with Crippen LogP contribution in [0, 0.1) is 12.7 Å². The molecule has 0 spiro atoms. The Hall–Kier alpha value is -2.42. The first-order valence-corrected chi connectivity index (χ1v) is 6.20. The minimum Gasteiger partial charge on any atom is -0.299 e. The SMILES string of the molecule is Cc1cn2c3cc(F)ccc3c3ccccc3c2n1. The Labute approximate surface area is 109 Å². The van der Waals surface area contributed by atoms with Crippen LogP contribution in [0.4, 0.5) is 4.39 Å². The van der Waals surface area contributed by atoms with E-state index in [2.05, 4.69) is 17.1 Å². The molecule has 0 unspecified atom stereocenters. The van der Waals surface area contributed by atoms with Crippen molar-refractivity contribution in [3.8, 4) is 0 Å². The van der Waals surface area contributed by atoms with Crippen LogP contribution in [0.5, 0.6) is 0 Å². The molecule has 2 nitrogen and oxygen atoms in total. The van der Waals surface area contributed by atoms with E-state index in [0.717, 1.165) is 33.0 Å². The van der Waals surface area contributed by atoms with Crippen LogP contribution in [-0.4, -0.2) is 9.38 Å². The van der Waals surface area contributed by atoms with E-state index in [4.69, 9.17) is 0 Å². The lowest BCUT2D eigenvalue weighted by molar-refractivity contribution is 0.629. The Bertz CT molecular complexity index is 938. The number of pyridine rings is 1.